The molecule has 1 aromatic rings. The van der Waals surface area contributed by atoms with Gasteiger partial charge in [-0.25, -0.2) is 9.59 Å². The van der Waals surface area contributed by atoms with E-state index in [-0.39, 0.29) is 11.3 Å². The first-order valence-corrected chi connectivity index (χ1v) is 6.76. The average molecular weight is 320 g/mol. The zero-order valence-corrected chi connectivity index (χ0v) is 13.2. The molecule has 1 heterocycles. The van der Waals surface area contributed by atoms with Crippen LogP contribution in [-0.2, 0) is 23.9 Å². The Hall–Kier alpha value is -2.83. The molecule has 0 spiro atoms. The third-order valence-electron chi connectivity index (χ3n) is 2.87. The van der Waals surface area contributed by atoms with Crippen LogP contribution in [0.2, 0.25) is 0 Å². The van der Waals surface area contributed by atoms with Gasteiger partial charge in [0.05, 0.1) is 7.11 Å². The van der Waals surface area contributed by atoms with Gasteiger partial charge in [0.25, 0.3) is 5.79 Å². The molecular weight excluding hydrogens is 304 g/mol. The largest absolute Gasteiger partial charge is 0.493 e. The molecule has 7 nitrogen and oxygen atoms in total. The predicted molar refractivity (Wildman–Crippen MR) is 78.5 cm³/mol. The summed E-state index contributed by atoms with van der Waals surface area (Å²) in [5.74, 6) is -2.86. The molecule has 0 unspecified atom stereocenters. The summed E-state index contributed by atoms with van der Waals surface area (Å²) in [4.78, 5) is 34.9. The van der Waals surface area contributed by atoms with Gasteiger partial charge in [0.1, 0.15) is 5.57 Å². The van der Waals surface area contributed by atoms with Crippen LogP contribution in [0.25, 0.3) is 6.08 Å². The molecule has 1 fully saturated rings. The van der Waals surface area contributed by atoms with E-state index in [2.05, 4.69) is 0 Å². The topological polar surface area (TPSA) is 88.1 Å². The van der Waals surface area contributed by atoms with Crippen LogP contribution in [0, 0.1) is 0 Å². The van der Waals surface area contributed by atoms with E-state index in [4.69, 9.17) is 18.9 Å². The van der Waals surface area contributed by atoms with Crippen LogP contribution in [-0.4, -0.2) is 30.8 Å². The Labute approximate surface area is 132 Å². The van der Waals surface area contributed by atoms with Gasteiger partial charge in [-0.2, -0.15) is 0 Å². The van der Waals surface area contributed by atoms with Crippen LogP contribution in [0.15, 0.2) is 23.8 Å². The van der Waals surface area contributed by atoms with Gasteiger partial charge in [0.15, 0.2) is 11.5 Å². The molecule has 0 N–H and O–H groups in total. The van der Waals surface area contributed by atoms with Crippen LogP contribution in [0.4, 0.5) is 0 Å². The minimum Gasteiger partial charge on any atom is -0.493 e. The lowest BCUT2D eigenvalue weighted by molar-refractivity contribution is -0.222. The summed E-state index contributed by atoms with van der Waals surface area (Å²) in [6.07, 6.45) is 1.30. The molecular formula is C16H16O7. The second-order valence-corrected chi connectivity index (χ2v) is 5.24. The molecule has 1 aliphatic heterocycles. The van der Waals surface area contributed by atoms with Crippen molar-refractivity contribution in [1.29, 1.82) is 0 Å². The van der Waals surface area contributed by atoms with Crippen molar-refractivity contribution in [3.63, 3.8) is 0 Å². The van der Waals surface area contributed by atoms with Crippen molar-refractivity contribution in [1.82, 2.24) is 0 Å². The molecule has 0 bridgehead atoms. The Balaban J connectivity index is 2.37. The normalized spacial score (nSPS) is 16.3. The Morgan fingerprint density at radius 2 is 1.74 bits per heavy atom. The van der Waals surface area contributed by atoms with Crippen molar-refractivity contribution in [3.8, 4) is 11.5 Å². The first-order valence-electron chi connectivity index (χ1n) is 6.76. The maximum Gasteiger partial charge on any atom is 0.348 e. The maximum atomic E-state index is 11.9. The van der Waals surface area contributed by atoms with Crippen molar-refractivity contribution in [2.75, 3.05) is 7.11 Å². The molecule has 7 heteroatoms. The fourth-order valence-corrected chi connectivity index (χ4v) is 1.96. The van der Waals surface area contributed by atoms with Gasteiger partial charge in [0.2, 0.25) is 0 Å². The average Bonchev–Trinajstić information content (AvgIpc) is 2.41. The lowest BCUT2D eigenvalue weighted by atomic mass is 10.1. The van der Waals surface area contributed by atoms with Gasteiger partial charge < -0.3 is 18.9 Å². The fraction of sp³-hybridized carbons (Fsp3) is 0.312. The number of ether oxygens (including phenoxy) is 4. The van der Waals surface area contributed by atoms with Gasteiger partial charge in [-0.05, 0) is 23.8 Å². The molecule has 0 aliphatic carbocycles. The number of hydrogen-bond acceptors (Lipinski definition) is 7. The summed E-state index contributed by atoms with van der Waals surface area (Å²) >= 11 is 0. The number of methoxy groups -OCH3 is 1. The summed E-state index contributed by atoms with van der Waals surface area (Å²) < 4.78 is 20.1. The van der Waals surface area contributed by atoms with Crippen LogP contribution in [0.1, 0.15) is 26.3 Å². The summed E-state index contributed by atoms with van der Waals surface area (Å²) in [5, 5.41) is 0. The molecule has 0 radical (unpaired) electrons. The number of carbonyl (C=O) groups is 3. The van der Waals surface area contributed by atoms with E-state index < -0.39 is 23.7 Å². The summed E-state index contributed by atoms with van der Waals surface area (Å²) in [7, 11) is 1.43. The van der Waals surface area contributed by atoms with Crippen molar-refractivity contribution in [3.05, 3.63) is 29.3 Å². The van der Waals surface area contributed by atoms with Crippen molar-refractivity contribution in [2.45, 2.75) is 26.6 Å². The van der Waals surface area contributed by atoms with E-state index >= 15 is 0 Å². The number of esters is 3. The highest BCUT2D eigenvalue weighted by atomic mass is 16.7. The molecule has 0 amide bonds. The molecule has 1 saturated heterocycles. The molecule has 2 rings (SSSR count). The Morgan fingerprint density at radius 3 is 2.26 bits per heavy atom. The van der Waals surface area contributed by atoms with E-state index in [0.29, 0.717) is 11.3 Å². The highest BCUT2D eigenvalue weighted by molar-refractivity contribution is 6.18. The predicted octanol–water partition coefficient (Wildman–Crippen LogP) is 1.84. The molecule has 0 aromatic heterocycles. The summed E-state index contributed by atoms with van der Waals surface area (Å²) in [5.41, 5.74) is 0.203. The second kappa shape index (κ2) is 6.12. The van der Waals surface area contributed by atoms with E-state index in [1.807, 2.05) is 0 Å². The van der Waals surface area contributed by atoms with Crippen molar-refractivity contribution >= 4 is 24.0 Å². The molecule has 0 atom stereocenters. The van der Waals surface area contributed by atoms with Crippen LogP contribution in [0.3, 0.4) is 0 Å². The van der Waals surface area contributed by atoms with Gasteiger partial charge in [-0.15, -0.1) is 0 Å². The first-order chi connectivity index (χ1) is 10.7. The molecule has 23 heavy (non-hydrogen) atoms. The third kappa shape index (κ3) is 3.88. The van der Waals surface area contributed by atoms with Gasteiger partial charge in [-0.1, -0.05) is 6.07 Å². The standard InChI is InChI=1S/C16H16O7/c1-9(17)21-13-8-10(5-6-12(13)20-4)7-11-14(18)22-16(2,3)23-15(11)19/h5-8H,1-4H3. The monoisotopic (exact) mass is 320 g/mol. The second-order valence-electron chi connectivity index (χ2n) is 5.24. The minimum absolute atomic E-state index is 0.173. The van der Waals surface area contributed by atoms with Crippen LogP contribution in [0.5, 0.6) is 11.5 Å². The smallest absolute Gasteiger partial charge is 0.348 e. The number of benzene rings is 1. The molecule has 1 aliphatic rings. The SMILES string of the molecule is COc1ccc(C=C2C(=O)OC(C)(C)OC2=O)cc1OC(C)=O. The number of hydrogen-bond donors (Lipinski definition) is 0. The van der Waals surface area contributed by atoms with E-state index in [1.54, 1.807) is 12.1 Å². The van der Waals surface area contributed by atoms with Crippen molar-refractivity contribution in [2.24, 2.45) is 0 Å². The summed E-state index contributed by atoms with van der Waals surface area (Å²) in [6, 6.07) is 4.61. The van der Waals surface area contributed by atoms with Crippen LogP contribution >= 0.6 is 0 Å². The van der Waals surface area contributed by atoms with E-state index in [0.717, 1.165) is 0 Å². The van der Waals surface area contributed by atoms with Crippen LogP contribution < -0.4 is 9.47 Å². The quantitative estimate of drug-likeness (QED) is 0.363. The van der Waals surface area contributed by atoms with Crippen molar-refractivity contribution < 1.29 is 33.3 Å². The van der Waals surface area contributed by atoms with Gasteiger partial charge >= 0.3 is 17.9 Å². The third-order valence-corrected chi connectivity index (χ3v) is 2.87. The molecule has 0 saturated carbocycles. The Morgan fingerprint density at radius 1 is 1.13 bits per heavy atom. The highest BCUT2D eigenvalue weighted by Gasteiger charge is 2.38. The minimum atomic E-state index is -1.30. The van der Waals surface area contributed by atoms with Gasteiger partial charge in [-0.3, -0.25) is 4.79 Å². The van der Waals surface area contributed by atoms with E-state index in [1.165, 1.54) is 40.0 Å². The lowest BCUT2D eigenvalue weighted by Crippen LogP contribution is -2.41. The first kappa shape index (κ1) is 16.5. The zero-order valence-electron chi connectivity index (χ0n) is 13.2. The maximum absolute atomic E-state index is 11.9. The number of rotatable bonds is 3. The molecule has 1 aromatic carbocycles. The Kier molecular flexibility index (Phi) is 4.40. The Bertz CT molecular complexity index is 678. The number of cyclic esters (lactones) is 2. The van der Waals surface area contributed by atoms with E-state index in [9.17, 15) is 14.4 Å². The summed E-state index contributed by atoms with van der Waals surface area (Å²) in [6.45, 7) is 4.18. The fourth-order valence-electron chi connectivity index (χ4n) is 1.96. The van der Waals surface area contributed by atoms with Gasteiger partial charge in [0, 0.05) is 20.8 Å². The molecule has 122 valence electrons. The lowest BCUT2D eigenvalue weighted by Gasteiger charge is -2.29. The highest BCUT2D eigenvalue weighted by Crippen LogP contribution is 2.30. The number of carbonyl (C=O) groups excluding carboxylic acids is 3. The zero-order chi connectivity index (χ0) is 17.2.